The molecule has 6 heteroatoms. The molecule has 0 fully saturated rings. The molecule has 16 heavy (non-hydrogen) atoms. The quantitative estimate of drug-likeness (QED) is 0.494. The minimum atomic E-state index is -1.58. The number of hydrogen-bond donors (Lipinski definition) is 3. The lowest BCUT2D eigenvalue weighted by molar-refractivity contribution is -0.135. The number of carbonyl (C=O) groups is 3. The summed E-state index contributed by atoms with van der Waals surface area (Å²) in [5.74, 6) is -3.75. The van der Waals surface area contributed by atoms with Crippen LogP contribution in [0.2, 0.25) is 0 Å². The number of Topliss-reactive ketones (excluding diaryl/α,β-unsaturated/α-hetero) is 1. The van der Waals surface area contributed by atoms with Crippen LogP contribution in [0, 0.1) is 0 Å². The van der Waals surface area contributed by atoms with E-state index in [9.17, 15) is 14.4 Å². The molecule has 1 aromatic rings. The van der Waals surface area contributed by atoms with E-state index in [1.807, 2.05) is 0 Å². The molecule has 0 unspecified atom stereocenters. The molecular weight excluding hydrogens is 214 g/mol. The summed E-state index contributed by atoms with van der Waals surface area (Å²) in [6.07, 6.45) is 0. The molecule has 0 atom stereocenters. The minimum Gasteiger partial charge on any atom is -0.480 e. The highest BCUT2D eigenvalue weighted by molar-refractivity contribution is 6.41. The Labute approximate surface area is 90.5 Å². The van der Waals surface area contributed by atoms with Gasteiger partial charge in [0.05, 0.1) is 5.56 Å². The van der Waals surface area contributed by atoms with Gasteiger partial charge in [-0.2, -0.15) is 0 Å². The lowest BCUT2D eigenvalue weighted by Crippen LogP contribution is -2.18. The number of hydrogen-bond acceptors (Lipinski definition) is 4. The molecule has 0 aliphatic heterocycles. The second-order valence-electron chi connectivity index (χ2n) is 2.93. The summed E-state index contributed by atoms with van der Waals surface area (Å²) in [6, 6.07) is 5.84. The summed E-state index contributed by atoms with van der Waals surface area (Å²) in [4.78, 5) is 32.0. The van der Waals surface area contributed by atoms with Gasteiger partial charge in [0.1, 0.15) is 6.54 Å². The lowest BCUT2D eigenvalue weighted by Gasteiger charge is -2.07. The molecule has 0 spiro atoms. The average molecular weight is 223 g/mol. The monoisotopic (exact) mass is 223 g/mol. The number of aliphatic carboxylic acids is 2. The van der Waals surface area contributed by atoms with Gasteiger partial charge in [-0.15, -0.1) is 0 Å². The number of rotatable bonds is 5. The Morgan fingerprint density at radius 3 is 2.31 bits per heavy atom. The summed E-state index contributed by atoms with van der Waals surface area (Å²) < 4.78 is 0. The number of nitrogens with one attached hydrogen (secondary N) is 1. The van der Waals surface area contributed by atoms with E-state index < -0.39 is 17.7 Å². The lowest BCUT2D eigenvalue weighted by atomic mass is 10.1. The molecule has 0 aromatic heterocycles. The van der Waals surface area contributed by atoms with Gasteiger partial charge in [-0.05, 0) is 12.1 Å². The largest absolute Gasteiger partial charge is 0.480 e. The Bertz CT molecular complexity index is 441. The molecule has 0 aliphatic carbocycles. The van der Waals surface area contributed by atoms with Crippen LogP contribution < -0.4 is 5.32 Å². The topological polar surface area (TPSA) is 104 Å². The first-order valence-corrected chi connectivity index (χ1v) is 4.34. The molecule has 1 rings (SSSR count). The predicted molar refractivity (Wildman–Crippen MR) is 54.5 cm³/mol. The first-order chi connectivity index (χ1) is 7.52. The van der Waals surface area contributed by atoms with Gasteiger partial charge in [0.15, 0.2) is 0 Å². The molecule has 0 bridgehead atoms. The smallest absolute Gasteiger partial charge is 0.377 e. The third-order valence-electron chi connectivity index (χ3n) is 1.80. The van der Waals surface area contributed by atoms with E-state index in [0.717, 1.165) is 0 Å². The third kappa shape index (κ3) is 2.81. The second-order valence-corrected chi connectivity index (χ2v) is 2.93. The Balaban J connectivity index is 2.96. The number of anilines is 1. The number of carboxylic acids is 2. The van der Waals surface area contributed by atoms with E-state index >= 15 is 0 Å². The van der Waals surface area contributed by atoms with Crippen molar-refractivity contribution >= 4 is 23.4 Å². The summed E-state index contributed by atoms with van der Waals surface area (Å²) in [7, 11) is 0. The van der Waals surface area contributed by atoms with Crippen LogP contribution in [0.4, 0.5) is 5.69 Å². The maximum absolute atomic E-state index is 11.2. The van der Waals surface area contributed by atoms with Crippen LogP contribution in [0.15, 0.2) is 24.3 Å². The van der Waals surface area contributed by atoms with Crippen LogP contribution in [0.25, 0.3) is 0 Å². The Hall–Kier alpha value is -2.37. The van der Waals surface area contributed by atoms with E-state index in [1.54, 1.807) is 6.07 Å². The molecule has 0 saturated carbocycles. The number of ketones is 1. The van der Waals surface area contributed by atoms with Gasteiger partial charge in [0.2, 0.25) is 0 Å². The van der Waals surface area contributed by atoms with Gasteiger partial charge in [-0.1, -0.05) is 12.1 Å². The van der Waals surface area contributed by atoms with Gasteiger partial charge < -0.3 is 15.5 Å². The van der Waals surface area contributed by atoms with Crippen molar-refractivity contribution in [2.75, 3.05) is 11.9 Å². The van der Waals surface area contributed by atoms with E-state index in [-0.39, 0.29) is 17.8 Å². The van der Waals surface area contributed by atoms with Crippen molar-refractivity contribution in [1.29, 1.82) is 0 Å². The normalized spacial score (nSPS) is 9.50. The van der Waals surface area contributed by atoms with Gasteiger partial charge in [0, 0.05) is 5.69 Å². The van der Waals surface area contributed by atoms with Crippen LogP contribution in [-0.2, 0) is 9.59 Å². The van der Waals surface area contributed by atoms with Gasteiger partial charge in [0.25, 0.3) is 5.78 Å². The molecule has 0 radical (unpaired) electrons. The number of carboxylic acid groups (broad SMARTS) is 2. The zero-order chi connectivity index (χ0) is 12.1. The maximum Gasteiger partial charge on any atom is 0.377 e. The summed E-state index contributed by atoms with van der Waals surface area (Å²) >= 11 is 0. The zero-order valence-electron chi connectivity index (χ0n) is 8.14. The van der Waals surface area contributed by atoms with E-state index in [2.05, 4.69) is 5.32 Å². The van der Waals surface area contributed by atoms with Crippen molar-refractivity contribution in [1.82, 2.24) is 0 Å². The highest BCUT2D eigenvalue weighted by Gasteiger charge is 2.17. The summed E-state index contributed by atoms with van der Waals surface area (Å²) in [5, 5.41) is 19.5. The van der Waals surface area contributed by atoms with E-state index in [4.69, 9.17) is 10.2 Å². The molecule has 0 heterocycles. The first-order valence-electron chi connectivity index (χ1n) is 4.34. The van der Waals surface area contributed by atoms with Crippen molar-refractivity contribution in [3.63, 3.8) is 0 Å². The van der Waals surface area contributed by atoms with Crippen LogP contribution in [0.3, 0.4) is 0 Å². The summed E-state index contributed by atoms with van der Waals surface area (Å²) in [5.41, 5.74) is 0.133. The summed E-state index contributed by atoms with van der Waals surface area (Å²) in [6.45, 7) is -0.385. The fourth-order valence-corrected chi connectivity index (χ4v) is 1.12. The van der Waals surface area contributed by atoms with Gasteiger partial charge >= 0.3 is 11.9 Å². The molecule has 1 aromatic carbocycles. The van der Waals surface area contributed by atoms with Crippen LogP contribution in [0.5, 0.6) is 0 Å². The Morgan fingerprint density at radius 1 is 1.12 bits per heavy atom. The van der Waals surface area contributed by atoms with Crippen molar-refractivity contribution in [3.8, 4) is 0 Å². The molecule has 0 amide bonds. The fourth-order valence-electron chi connectivity index (χ4n) is 1.12. The zero-order valence-corrected chi connectivity index (χ0v) is 8.14. The highest BCUT2D eigenvalue weighted by Crippen LogP contribution is 2.15. The third-order valence-corrected chi connectivity index (χ3v) is 1.80. The average Bonchev–Trinajstić information content (AvgIpc) is 2.25. The van der Waals surface area contributed by atoms with Crippen molar-refractivity contribution in [2.24, 2.45) is 0 Å². The SMILES string of the molecule is O=C(O)CNc1ccccc1C(=O)C(=O)O. The minimum absolute atomic E-state index is 0.0590. The number of benzene rings is 1. The molecule has 0 aliphatic rings. The Morgan fingerprint density at radius 2 is 1.75 bits per heavy atom. The standard InChI is InChI=1S/C10H9NO5/c12-8(13)5-11-7-4-2-1-3-6(7)9(14)10(15)16/h1-4,11H,5H2,(H,12,13)(H,15,16). The molecular formula is C10H9NO5. The maximum atomic E-state index is 11.2. The highest BCUT2D eigenvalue weighted by atomic mass is 16.4. The molecule has 6 nitrogen and oxygen atoms in total. The van der Waals surface area contributed by atoms with Crippen molar-refractivity contribution in [3.05, 3.63) is 29.8 Å². The fraction of sp³-hybridized carbons (Fsp3) is 0.100. The molecule has 3 N–H and O–H groups in total. The van der Waals surface area contributed by atoms with E-state index in [0.29, 0.717) is 0 Å². The molecule has 84 valence electrons. The number of para-hydroxylation sites is 1. The Kier molecular flexibility index (Phi) is 3.60. The van der Waals surface area contributed by atoms with Crippen molar-refractivity contribution in [2.45, 2.75) is 0 Å². The predicted octanol–water partition coefficient (Wildman–Crippen LogP) is 0.450. The first kappa shape index (κ1) is 11.7. The van der Waals surface area contributed by atoms with Gasteiger partial charge in [-0.3, -0.25) is 9.59 Å². The molecule has 0 saturated heterocycles. The van der Waals surface area contributed by atoms with Crippen LogP contribution >= 0.6 is 0 Å². The second kappa shape index (κ2) is 4.92. The van der Waals surface area contributed by atoms with E-state index in [1.165, 1.54) is 18.2 Å². The van der Waals surface area contributed by atoms with Crippen LogP contribution in [-0.4, -0.2) is 34.5 Å². The van der Waals surface area contributed by atoms with Crippen molar-refractivity contribution < 1.29 is 24.6 Å². The number of carbonyl (C=O) groups excluding carboxylic acids is 1. The van der Waals surface area contributed by atoms with Gasteiger partial charge in [-0.25, -0.2) is 4.79 Å². The van der Waals surface area contributed by atoms with Crippen LogP contribution in [0.1, 0.15) is 10.4 Å².